The smallest absolute Gasteiger partial charge is 0.222 e. The second kappa shape index (κ2) is 5.29. The van der Waals surface area contributed by atoms with Crippen molar-refractivity contribution in [1.29, 1.82) is 0 Å². The zero-order valence-corrected chi connectivity index (χ0v) is 8.03. The van der Waals surface area contributed by atoms with Crippen molar-refractivity contribution in [2.45, 2.75) is 13.3 Å². The molecule has 0 aliphatic carbocycles. The summed E-state index contributed by atoms with van der Waals surface area (Å²) in [4.78, 5) is 10.9. The normalized spacial score (nSPS) is 15.5. The highest BCUT2D eigenvalue weighted by atomic mass is 32.2. The van der Waals surface area contributed by atoms with Crippen molar-refractivity contribution in [1.82, 2.24) is 5.32 Å². The highest BCUT2D eigenvalue weighted by Crippen LogP contribution is 2.01. The molecule has 3 nitrogen and oxygen atoms in total. The average Bonchev–Trinajstić information content (AvgIpc) is 1.98. The second-order valence-corrected chi connectivity index (χ2v) is 4.14. The summed E-state index contributed by atoms with van der Waals surface area (Å²) in [6.07, 6.45) is 2.35. The molecule has 0 aliphatic rings. The van der Waals surface area contributed by atoms with Gasteiger partial charge in [0.1, 0.15) is 0 Å². The van der Waals surface area contributed by atoms with Crippen LogP contribution in [0.4, 0.5) is 0 Å². The lowest BCUT2D eigenvalue weighted by atomic mass is 10.1. The molecular formula is C7H15NO2S. The van der Waals surface area contributed by atoms with E-state index in [2.05, 4.69) is 5.32 Å². The Labute approximate surface area is 70.0 Å². The Morgan fingerprint density at radius 1 is 1.64 bits per heavy atom. The molecular weight excluding hydrogens is 162 g/mol. The first-order valence-corrected chi connectivity index (χ1v) is 5.32. The van der Waals surface area contributed by atoms with E-state index in [-0.39, 0.29) is 11.8 Å². The average molecular weight is 177 g/mol. The zero-order valence-electron chi connectivity index (χ0n) is 7.22. The number of amides is 1. The number of hydrogen-bond donors (Lipinski definition) is 1. The molecule has 0 radical (unpaired) electrons. The van der Waals surface area contributed by atoms with Crippen LogP contribution in [-0.4, -0.2) is 29.2 Å². The topological polar surface area (TPSA) is 46.2 Å². The van der Waals surface area contributed by atoms with Crippen LogP contribution < -0.4 is 5.32 Å². The van der Waals surface area contributed by atoms with Gasteiger partial charge in [-0.1, -0.05) is 6.92 Å². The number of carbonyl (C=O) groups excluding carboxylic acids is 1. The van der Waals surface area contributed by atoms with E-state index >= 15 is 0 Å². The Bertz CT molecular complexity index is 159. The lowest BCUT2D eigenvalue weighted by Crippen LogP contribution is -2.26. The monoisotopic (exact) mass is 177 g/mol. The maximum atomic E-state index is 10.9. The number of rotatable bonds is 4. The molecule has 0 spiro atoms. The van der Waals surface area contributed by atoms with Gasteiger partial charge in [0.25, 0.3) is 0 Å². The SMILES string of the molecule is CNC(=O)C(C)CCS(C)=O. The highest BCUT2D eigenvalue weighted by molar-refractivity contribution is 7.84. The summed E-state index contributed by atoms with van der Waals surface area (Å²) in [7, 11) is 0.828. The van der Waals surface area contributed by atoms with Gasteiger partial charge < -0.3 is 5.32 Å². The molecule has 0 aliphatic heterocycles. The van der Waals surface area contributed by atoms with E-state index in [1.54, 1.807) is 13.3 Å². The fourth-order valence-corrected chi connectivity index (χ4v) is 1.41. The van der Waals surface area contributed by atoms with E-state index in [0.29, 0.717) is 12.2 Å². The van der Waals surface area contributed by atoms with Gasteiger partial charge in [0, 0.05) is 35.8 Å². The molecule has 0 aromatic carbocycles. The van der Waals surface area contributed by atoms with Gasteiger partial charge in [-0.2, -0.15) is 0 Å². The van der Waals surface area contributed by atoms with Crippen LogP contribution >= 0.6 is 0 Å². The van der Waals surface area contributed by atoms with Crippen molar-refractivity contribution in [3.05, 3.63) is 0 Å². The standard InChI is InChI=1S/C7H15NO2S/c1-6(7(9)8-2)4-5-11(3)10/h6H,4-5H2,1-3H3,(H,8,9). The first kappa shape index (κ1) is 10.6. The van der Waals surface area contributed by atoms with E-state index in [1.807, 2.05) is 6.92 Å². The van der Waals surface area contributed by atoms with E-state index in [1.165, 1.54) is 0 Å². The number of hydrogen-bond acceptors (Lipinski definition) is 2. The maximum absolute atomic E-state index is 10.9. The van der Waals surface area contributed by atoms with Crippen LogP contribution in [0.25, 0.3) is 0 Å². The van der Waals surface area contributed by atoms with Gasteiger partial charge in [0.05, 0.1) is 0 Å². The highest BCUT2D eigenvalue weighted by Gasteiger charge is 2.10. The van der Waals surface area contributed by atoms with Gasteiger partial charge in [0.2, 0.25) is 5.91 Å². The van der Waals surface area contributed by atoms with Gasteiger partial charge in [0.15, 0.2) is 0 Å². The molecule has 66 valence electrons. The van der Waals surface area contributed by atoms with E-state index in [9.17, 15) is 9.00 Å². The third-order valence-corrected chi connectivity index (χ3v) is 2.34. The minimum atomic E-state index is -0.785. The summed E-state index contributed by atoms with van der Waals surface area (Å²) in [5.41, 5.74) is 0. The summed E-state index contributed by atoms with van der Waals surface area (Å²) in [6, 6.07) is 0. The predicted molar refractivity (Wildman–Crippen MR) is 46.8 cm³/mol. The Morgan fingerprint density at radius 3 is 2.55 bits per heavy atom. The van der Waals surface area contributed by atoms with Crippen LogP contribution in [-0.2, 0) is 15.6 Å². The molecule has 2 atom stereocenters. The quantitative estimate of drug-likeness (QED) is 0.664. The van der Waals surface area contributed by atoms with Crippen molar-refractivity contribution in [3.63, 3.8) is 0 Å². The number of nitrogens with one attached hydrogen (secondary N) is 1. The minimum absolute atomic E-state index is 0.0236. The first-order valence-electron chi connectivity index (χ1n) is 3.59. The van der Waals surface area contributed by atoms with Crippen LogP contribution in [0.5, 0.6) is 0 Å². The fraction of sp³-hybridized carbons (Fsp3) is 0.857. The Hall–Kier alpha value is -0.380. The summed E-state index contributed by atoms with van der Waals surface area (Å²) < 4.78 is 10.6. The van der Waals surface area contributed by atoms with Gasteiger partial charge in [-0.3, -0.25) is 9.00 Å². The van der Waals surface area contributed by atoms with Crippen molar-refractivity contribution >= 4 is 16.7 Å². The lowest BCUT2D eigenvalue weighted by molar-refractivity contribution is -0.124. The van der Waals surface area contributed by atoms with Crippen LogP contribution in [0.1, 0.15) is 13.3 Å². The molecule has 0 aromatic heterocycles. The lowest BCUT2D eigenvalue weighted by Gasteiger charge is -2.07. The molecule has 0 heterocycles. The summed E-state index contributed by atoms with van der Waals surface area (Å²) in [6.45, 7) is 1.84. The molecule has 4 heteroatoms. The van der Waals surface area contributed by atoms with Gasteiger partial charge in [-0.25, -0.2) is 0 Å². The summed E-state index contributed by atoms with van der Waals surface area (Å²) in [5.74, 6) is 0.605. The fourth-order valence-electron chi connectivity index (χ4n) is 0.720. The van der Waals surface area contributed by atoms with Crippen LogP contribution in [0.2, 0.25) is 0 Å². The van der Waals surface area contributed by atoms with Gasteiger partial charge >= 0.3 is 0 Å². The molecule has 2 unspecified atom stereocenters. The third kappa shape index (κ3) is 4.95. The molecule has 0 rings (SSSR count). The van der Waals surface area contributed by atoms with Crippen molar-refractivity contribution in [3.8, 4) is 0 Å². The largest absolute Gasteiger partial charge is 0.359 e. The molecule has 1 amide bonds. The second-order valence-electron chi connectivity index (χ2n) is 2.58. The molecule has 0 saturated carbocycles. The number of carbonyl (C=O) groups is 1. The molecule has 0 aromatic rings. The Morgan fingerprint density at radius 2 is 2.18 bits per heavy atom. The maximum Gasteiger partial charge on any atom is 0.222 e. The summed E-state index contributed by atoms with van der Waals surface area (Å²) in [5, 5.41) is 2.55. The van der Waals surface area contributed by atoms with E-state index in [0.717, 1.165) is 0 Å². The molecule has 0 saturated heterocycles. The molecule has 1 N–H and O–H groups in total. The van der Waals surface area contributed by atoms with Crippen molar-refractivity contribution in [2.75, 3.05) is 19.1 Å². The zero-order chi connectivity index (χ0) is 8.85. The third-order valence-electron chi connectivity index (χ3n) is 1.53. The Kier molecular flexibility index (Phi) is 5.11. The molecule has 0 fully saturated rings. The van der Waals surface area contributed by atoms with E-state index < -0.39 is 10.8 Å². The first-order chi connectivity index (χ1) is 5.07. The van der Waals surface area contributed by atoms with Gasteiger partial charge in [-0.05, 0) is 6.42 Å². The van der Waals surface area contributed by atoms with Crippen molar-refractivity contribution in [2.24, 2.45) is 5.92 Å². The Balaban J connectivity index is 3.60. The van der Waals surface area contributed by atoms with Crippen molar-refractivity contribution < 1.29 is 9.00 Å². The molecule has 11 heavy (non-hydrogen) atoms. The van der Waals surface area contributed by atoms with Crippen LogP contribution in [0, 0.1) is 5.92 Å². The predicted octanol–water partition coefficient (Wildman–Crippen LogP) is 0.137. The summed E-state index contributed by atoms with van der Waals surface area (Å²) >= 11 is 0. The molecule has 0 bridgehead atoms. The van der Waals surface area contributed by atoms with Crippen LogP contribution in [0.15, 0.2) is 0 Å². The van der Waals surface area contributed by atoms with Crippen LogP contribution in [0.3, 0.4) is 0 Å². The minimum Gasteiger partial charge on any atom is -0.359 e. The van der Waals surface area contributed by atoms with E-state index in [4.69, 9.17) is 0 Å². The van der Waals surface area contributed by atoms with Gasteiger partial charge in [-0.15, -0.1) is 0 Å².